The molecule has 0 saturated carbocycles. The SMILES string of the molecule is CC.COc1ccc(CN(C(=O)OC(C)(C)C)c2ccc3c(n2)NC(c2cccnc2)N3)c(OC)c1. The Kier molecular flexibility index (Phi) is 8.58. The highest BCUT2D eigenvalue weighted by Crippen LogP contribution is 2.36. The van der Waals surface area contributed by atoms with Crippen LogP contribution in [0.1, 0.15) is 51.9 Å². The number of anilines is 3. The molecule has 2 N–H and O–H groups in total. The van der Waals surface area contributed by atoms with Gasteiger partial charge in [0.2, 0.25) is 0 Å². The Bertz CT molecular complexity index is 1160. The van der Waals surface area contributed by atoms with Crippen LogP contribution in [0.15, 0.2) is 54.9 Å². The number of hydrogen-bond acceptors (Lipinski definition) is 8. The van der Waals surface area contributed by atoms with Crippen LogP contribution in [0.25, 0.3) is 0 Å². The van der Waals surface area contributed by atoms with E-state index in [0.29, 0.717) is 23.1 Å². The zero-order valence-electron chi connectivity index (χ0n) is 22.0. The molecule has 1 aromatic carbocycles. The van der Waals surface area contributed by atoms with E-state index in [4.69, 9.17) is 19.2 Å². The molecule has 1 amide bonds. The molecule has 4 rings (SSSR count). The van der Waals surface area contributed by atoms with Crippen molar-refractivity contribution >= 4 is 23.4 Å². The summed E-state index contributed by atoms with van der Waals surface area (Å²) in [4.78, 5) is 23.6. The molecular weight excluding hydrogens is 458 g/mol. The molecule has 1 aliphatic heterocycles. The first-order chi connectivity index (χ1) is 17.3. The molecule has 0 bridgehead atoms. The monoisotopic (exact) mass is 493 g/mol. The number of nitrogens with one attached hydrogen (secondary N) is 2. The number of benzene rings is 1. The zero-order chi connectivity index (χ0) is 26.3. The van der Waals surface area contributed by atoms with Crippen molar-refractivity contribution < 1.29 is 19.0 Å². The van der Waals surface area contributed by atoms with Crippen LogP contribution < -0.4 is 25.0 Å². The highest BCUT2D eigenvalue weighted by molar-refractivity contribution is 5.88. The van der Waals surface area contributed by atoms with Gasteiger partial charge in [-0.15, -0.1) is 0 Å². The minimum atomic E-state index is -0.665. The minimum absolute atomic E-state index is 0.164. The predicted molar refractivity (Wildman–Crippen MR) is 142 cm³/mol. The normalized spacial score (nSPS) is 13.8. The number of hydrogen-bond donors (Lipinski definition) is 2. The van der Waals surface area contributed by atoms with E-state index in [2.05, 4.69) is 15.6 Å². The molecule has 1 unspecified atom stereocenters. The smallest absolute Gasteiger partial charge is 0.416 e. The van der Waals surface area contributed by atoms with E-state index in [1.807, 2.05) is 65.0 Å². The number of methoxy groups -OCH3 is 2. The molecule has 0 fully saturated rings. The summed E-state index contributed by atoms with van der Waals surface area (Å²) in [6.45, 7) is 9.69. The maximum atomic E-state index is 13.2. The van der Waals surface area contributed by atoms with Crippen LogP contribution in [0.4, 0.5) is 22.1 Å². The summed E-state index contributed by atoms with van der Waals surface area (Å²) >= 11 is 0. The van der Waals surface area contributed by atoms with Gasteiger partial charge < -0.3 is 24.8 Å². The summed E-state index contributed by atoms with van der Waals surface area (Å²) in [5.74, 6) is 2.36. The van der Waals surface area contributed by atoms with Gasteiger partial charge in [-0.05, 0) is 51.1 Å². The zero-order valence-corrected chi connectivity index (χ0v) is 22.0. The Morgan fingerprint density at radius 3 is 2.47 bits per heavy atom. The number of carbonyl (C=O) groups is 1. The van der Waals surface area contributed by atoms with Crippen molar-refractivity contribution in [2.75, 3.05) is 29.8 Å². The molecule has 2 aromatic heterocycles. The van der Waals surface area contributed by atoms with Gasteiger partial charge in [0.1, 0.15) is 29.1 Å². The van der Waals surface area contributed by atoms with Crippen molar-refractivity contribution in [3.05, 3.63) is 66.0 Å². The Balaban J connectivity index is 0.00000176. The number of ether oxygens (including phenoxy) is 3. The van der Waals surface area contributed by atoms with Gasteiger partial charge in [-0.2, -0.15) is 0 Å². The van der Waals surface area contributed by atoms with E-state index in [-0.39, 0.29) is 12.7 Å². The van der Waals surface area contributed by atoms with E-state index in [1.165, 1.54) is 4.90 Å². The van der Waals surface area contributed by atoms with E-state index >= 15 is 0 Å². The van der Waals surface area contributed by atoms with Gasteiger partial charge in [-0.3, -0.25) is 9.88 Å². The summed E-state index contributed by atoms with van der Waals surface area (Å²) in [6.07, 6.45) is 2.85. The summed E-state index contributed by atoms with van der Waals surface area (Å²) in [7, 11) is 3.17. The van der Waals surface area contributed by atoms with Crippen LogP contribution >= 0.6 is 0 Å². The van der Waals surface area contributed by atoms with Crippen molar-refractivity contribution in [1.29, 1.82) is 0 Å². The van der Waals surface area contributed by atoms with Crippen LogP contribution in [-0.4, -0.2) is 35.9 Å². The summed E-state index contributed by atoms with van der Waals surface area (Å²) in [5.41, 5.74) is 1.94. The number of amides is 1. The number of nitrogens with zero attached hydrogens (tertiary/aromatic N) is 3. The number of pyridine rings is 2. The fourth-order valence-corrected chi connectivity index (χ4v) is 3.58. The number of rotatable bonds is 6. The van der Waals surface area contributed by atoms with Crippen molar-refractivity contribution in [1.82, 2.24) is 9.97 Å². The molecule has 192 valence electrons. The molecule has 36 heavy (non-hydrogen) atoms. The maximum Gasteiger partial charge on any atom is 0.416 e. The average molecular weight is 494 g/mol. The lowest BCUT2D eigenvalue weighted by atomic mass is 10.1. The molecule has 0 saturated heterocycles. The van der Waals surface area contributed by atoms with Crippen LogP contribution in [0.5, 0.6) is 11.5 Å². The lowest BCUT2D eigenvalue weighted by Gasteiger charge is -2.27. The van der Waals surface area contributed by atoms with Gasteiger partial charge in [0.15, 0.2) is 5.82 Å². The lowest BCUT2D eigenvalue weighted by molar-refractivity contribution is 0.0576. The maximum absolute atomic E-state index is 13.2. The van der Waals surface area contributed by atoms with Gasteiger partial charge in [-0.25, -0.2) is 9.78 Å². The Hall–Kier alpha value is -4.01. The second kappa shape index (κ2) is 11.6. The van der Waals surface area contributed by atoms with Gasteiger partial charge in [0, 0.05) is 29.6 Å². The van der Waals surface area contributed by atoms with E-state index in [0.717, 1.165) is 16.8 Å². The number of carbonyl (C=O) groups excluding carboxylic acids is 1. The highest BCUT2D eigenvalue weighted by atomic mass is 16.6. The van der Waals surface area contributed by atoms with E-state index in [1.54, 1.807) is 38.7 Å². The Labute approximate surface area is 212 Å². The van der Waals surface area contributed by atoms with Crippen LogP contribution in [-0.2, 0) is 11.3 Å². The average Bonchev–Trinajstić information content (AvgIpc) is 3.31. The summed E-state index contributed by atoms with van der Waals surface area (Å²) in [6, 6.07) is 13.0. The first-order valence-electron chi connectivity index (χ1n) is 11.9. The fraction of sp³-hybridized carbons (Fsp3) is 0.370. The standard InChI is InChI=1S/C25H29N5O4.C2H6/c1-25(2,3)34-24(31)30(15-17-8-9-18(32-4)13-20(17)33-5)21-11-10-19-23(28-21)29-22(27-19)16-7-6-12-26-14-16;1-2/h6-14,22,27H,15H2,1-5H3,(H,28,29);1-2H3. The molecule has 3 heterocycles. The van der Waals surface area contributed by atoms with Crippen molar-refractivity contribution in [2.45, 2.75) is 52.9 Å². The van der Waals surface area contributed by atoms with Gasteiger partial charge in [0.25, 0.3) is 0 Å². The van der Waals surface area contributed by atoms with E-state index in [9.17, 15) is 4.79 Å². The molecule has 0 radical (unpaired) electrons. The minimum Gasteiger partial charge on any atom is -0.497 e. The van der Waals surface area contributed by atoms with Crippen LogP contribution in [0.3, 0.4) is 0 Å². The molecule has 9 nitrogen and oxygen atoms in total. The summed E-state index contributed by atoms with van der Waals surface area (Å²) in [5, 5.41) is 6.74. The van der Waals surface area contributed by atoms with Crippen molar-refractivity contribution in [2.24, 2.45) is 0 Å². The topological polar surface area (TPSA) is 97.8 Å². The lowest BCUT2D eigenvalue weighted by Crippen LogP contribution is -2.37. The van der Waals surface area contributed by atoms with Gasteiger partial charge in [0.05, 0.1) is 26.5 Å². The van der Waals surface area contributed by atoms with Crippen molar-refractivity contribution in [3.63, 3.8) is 0 Å². The highest BCUT2D eigenvalue weighted by Gasteiger charge is 2.28. The Morgan fingerprint density at radius 2 is 1.83 bits per heavy atom. The first-order valence-corrected chi connectivity index (χ1v) is 11.9. The van der Waals surface area contributed by atoms with Gasteiger partial charge >= 0.3 is 6.09 Å². The number of aromatic nitrogens is 2. The molecule has 9 heteroatoms. The first kappa shape index (κ1) is 26.6. The third kappa shape index (κ3) is 6.35. The molecule has 0 spiro atoms. The molecular formula is C27H35N5O4. The molecule has 1 aliphatic rings. The largest absolute Gasteiger partial charge is 0.497 e. The summed E-state index contributed by atoms with van der Waals surface area (Å²) < 4.78 is 16.5. The van der Waals surface area contributed by atoms with Gasteiger partial charge in [-0.1, -0.05) is 19.9 Å². The third-order valence-corrected chi connectivity index (χ3v) is 5.19. The molecule has 1 atom stereocenters. The second-order valence-electron chi connectivity index (χ2n) is 8.82. The van der Waals surface area contributed by atoms with E-state index < -0.39 is 11.7 Å². The van der Waals surface area contributed by atoms with Crippen LogP contribution in [0, 0.1) is 0 Å². The predicted octanol–water partition coefficient (Wildman–Crippen LogP) is 6.00. The second-order valence-corrected chi connectivity index (χ2v) is 8.82. The quantitative estimate of drug-likeness (QED) is 0.432. The fourth-order valence-electron chi connectivity index (χ4n) is 3.58. The molecule has 0 aliphatic carbocycles. The molecule has 3 aromatic rings. The van der Waals surface area contributed by atoms with Crippen molar-refractivity contribution in [3.8, 4) is 11.5 Å². The number of fused-ring (bicyclic) bond motifs is 1. The third-order valence-electron chi connectivity index (χ3n) is 5.19. The Morgan fingerprint density at radius 1 is 1.06 bits per heavy atom. The van der Waals surface area contributed by atoms with Crippen LogP contribution in [0.2, 0.25) is 0 Å².